The Labute approximate surface area is 167 Å². The molecule has 1 heterocycles. The van der Waals surface area contributed by atoms with Gasteiger partial charge in [0.15, 0.2) is 0 Å². The Morgan fingerprint density at radius 1 is 1.07 bits per heavy atom. The number of alkyl halides is 3. The topological polar surface area (TPSA) is 46.9 Å². The molecule has 1 N–H and O–H groups in total. The molecule has 0 aliphatic carbocycles. The molecule has 29 heavy (non-hydrogen) atoms. The van der Waals surface area contributed by atoms with Crippen molar-refractivity contribution in [3.63, 3.8) is 0 Å². The molecule has 0 saturated heterocycles. The van der Waals surface area contributed by atoms with Gasteiger partial charge in [-0.15, -0.1) is 0 Å². The highest BCUT2D eigenvalue weighted by Gasteiger charge is 2.30. The Bertz CT molecular complexity index is 1070. The minimum Gasteiger partial charge on any atom is -0.326 e. The number of anilines is 1. The van der Waals surface area contributed by atoms with E-state index in [1.54, 1.807) is 19.9 Å². The van der Waals surface area contributed by atoms with E-state index in [9.17, 15) is 18.0 Å². The number of halogens is 3. The van der Waals surface area contributed by atoms with Gasteiger partial charge in [0.25, 0.3) is 0 Å². The van der Waals surface area contributed by atoms with Crippen LogP contribution in [0.2, 0.25) is 0 Å². The highest BCUT2D eigenvalue weighted by atomic mass is 19.4. The first-order chi connectivity index (χ1) is 13.6. The highest BCUT2D eigenvalue weighted by molar-refractivity contribution is 5.93. The van der Waals surface area contributed by atoms with Crippen LogP contribution in [0.25, 0.3) is 5.69 Å². The second-order valence-corrected chi connectivity index (χ2v) is 7.08. The molecule has 4 nitrogen and oxygen atoms in total. The van der Waals surface area contributed by atoms with Gasteiger partial charge in [-0.25, -0.2) is 4.68 Å². The van der Waals surface area contributed by atoms with E-state index < -0.39 is 11.7 Å². The monoisotopic (exact) mass is 401 g/mol. The second kappa shape index (κ2) is 7.73. The van der Waals surface area contributed by atoms with Crippen LogP contribution in [0, 0.1) is 27.7 Å². The summed E-state index contributed by atoms with van der Waals surface area (Å²) in [5.41, 5.74) is 4.33. The van der Waals surface area contributed by atoms with E-state index in [0.29, 0.717) is 22.6 Å². The van der Waals surface area contributed by atoms with Crippen LogP contribution in [0.5, 0.6) is 0 Å². The number of carbonyl (C=O) groups is 1. The number of aromatic nitrogens is 2. The van der Waals surface area contributed by atoms with E-state index in [4.69, 9.17) is 0 Å². The number of nitrogens with zero attached hydrogens (tertiary/aromatic N) is 2. The summed E-state index contributed by atoms with van der Waals surface area (Å²) >= 11 is 0. The van der Waals surface area contributed by atoms with Crippen LogP contribution < -0.4 is 5.32 Å². The van der Waals surface area contributed by atoms with Crippen molar-refractivity contribution in [1.82, 2.24) is 9.78 Å². The molecule has 0 aliphatic heterocycles. The zero-order valence-electron chi connectivity index (χ0n) is 16.7. The molecular weight excluding hydrogens is 379 g/mol. The van der Waals surface area contributed by atoms with Crippen LogP contribution in [0.3, 0.4) is 0 Å². The van der Waals surface area contributed by atoms with E-state index in [0.717, 1.165) is 28.9 Å². The SMILES string of the molecule is Cc1cccc(NC(=O)Cc2c(C)nn(-c3cccc(C(F)(F)F)c3)c2C)c1C. The Morgan fingerprint density at radius 2 is 1.76 bits per heavy atom. The van der Waals surface area contributed by atoms with Gasteiger partial charge >= 0.3 is 6.18 Å². The van der Waals surface area contributed by atoms with E-state index in [-0.39, 0.29) is 12.3 Å². The number of rotatable bonds is 4. The summed E-state index contributed by atoms with van der Waals surface area (Å²) < 4.78 is 40.5. The predicted molar refractivity (Wildman–Crippen MR) is 106 cm³/mol. The van der Waals surface area contributed by atoms with Crippen molar-refractivity contribution in [2.75, 3.05) is 5.32 Å². The van der Waals surface area contributed by atoms with Crippen LogP contribution in [0.1, 0.15) is 33.6 Å². The maximum Gasteiger partial charge on any atom is 0.416 e. The number of amides is 1. The van der Waals surface area contributed by atoms with E-state index in [1.165, 1.54) is 10.7 Å². The normalized spacial score (nSPS) is 11.6. The summed E-state index contributed by atoms with van der Waals surface area (Å²) in [6.07, 6.45) is -4.34. The summed E-state index contributed by atoms with van der Waals surface area (Å²) in [5, 5.41) is 7.27. The molecule has 3 aromatic rings. The van der Waals surface area contributed by atoms with Gasteiger partial charge in [-0.05, 0) is 63.1 Å². The lowest BCUT2D eigenvalue weighted by atomic mass is 10.1. The van der Waals surface area contributed by atoms with Crippen molar-refractivity contribution in [2.24, 2.45) is 0 Å². The molecule has 1 aromatic heterocycles. The fourth-order valence-corrected chi connectivity index (χ4v) is 3.24. The van der Waals surface area contributed by atoms with Crippen molar-refractivity contribution in [3.8, 4) is 5.69 Å². The summed E-state index contributed by atoms with van der Waals surface area (Å²) in [5.74, 6) is -0.200. The quantitative estimate of drug-likeness (QED) is 0.644. The number of hydrogen-bond acceptors (Lipinski definition) is 2. The van der Waals surface area contributed by atoms with E-state index in [1.807, 2.05) is 32.0 Å². The molecule has 3 rings (SSSR count). The third-order valence-corrected chi connectivity index (χ3v) is 5.08. The predicted octanol–water partition coefficient (Wildman–Crippen LogP) is 5.31. The van der Waals surface area contributed by atoms with Gasteiger partial charge in [-0.3, -0.25) is 4.79 Å². The van der Waals surface area contributed by atoms with Gasteiger partial charge in [-0.2, -0.15) is 18.3 Å². The average Bonchev–Trinajstić information content (AvgIpc) is 2.93. The summed E-state index contributed by atoms with van der Waals surface area (Å²) in [7, 11) is 0. The van der Waals surface area contributed by atoms with E-state index >= 15 is 0 Å². The minimum atomic E-state index is -4.43. The van der Waals surface area contributed by atoms with Gasteiger partial charge in [0.05, 0.1) is 23.4 Å². The number of carbonyl (C=O) groups excluding carboxylic acids is 1. The van der Waals surface area contributed by atoms with Crippen molar-refractivity contribution in [1.29, 1.82) is 0 Å². The molecular formula is C22H22F3N3O. The van der Waals surface area contributed by atoms with Gasteiger partial charge in [0.2, 0.25) is 5.91 Å². The first kappa shape index (κ1) is 20.6. The summed E-state index contributed by atoms with van der Waals surface area (Å²) in [6, 6.07) is 10.7. The molecule has 0 bridgehead atoms. The lowest BCUT2D eigenvalue weighted by Crippen LogP contribution is -2.16. The standard InChI is InChI=1S/C22H22F3N3O/c1-13-7-5-10-20(14(13)2)26-21(29)12-19-15(3)27-28(16(19)4)18-9-6-8-17(11-18)22(23,24)25/h5-11H,12H2,1-4H3,(H,26,29). The molecule has 0 fully saturated rings. The van der Waals surface area contributed by atoms with Crippen molar-refractivity contribution < 1.29 is 18.0 Å². The van der Waals surface area contributed by atoms with Crippen LogP contribution in [-0.4, -0.2) is 15.7 Å². The zero-order valence-corrected chi connectivity index (χ0v) is 16.7. The molecule has 2 aromatic carbocycles. The maximum atomic E-state index is 13.0. The van der Waals surface area contributed by atoms with Crippen LogP contribution in [0.15, 0.2) is 42.5 Å². The van der Waals surface area contributed by atoms with Crippen LogP contribution in [0.4, 0.5) is 18.9 Å². The molecule has 0 radical (unpaired) electrons. The average molecular weight is 401 g/mol. The van der Waals surface area contributed by atoms with Crippen molar-refractivity contribution >= 4 is 11.6 Å². The van der Waals surface area contributed by atoms with Gasteiger partial charge in [0, 0.05) is 16.9 Å². The van der Waals surface area contributed by atoms with Crippen molar-refractivity contribution in [3.05, 3.63) is 76.1 Å². The molecule has 0 unspecified atom stereocenters. The Hall–Kier alpha value is -3.09. The number of nitrogens with one attached hydrogen (secondary N) is 1. The molecule has 1 amide bonds. The Kier molecular flexibility index (Phi) is 5.50. The smallest absolute Gasteiger partial charge is 0.326 e. The first-order valence-electron chi connectivity index (χ1n) is 9.16. The van der Waals surface area contributed by atoms with Gasteiger partial charge < -0.3 is 5.32 Å². The number of aryl methyl sites for hydroxylation is 2. The summed E-state index contributed by atoms with van der Waals surface area (Å²) in [4.78, 5) is 12.6. The van der Waals surface area contributed by atoms with Gasteiger partial charge in [-0.1, -0.05) is 18.2 Å². The fraction of sp³-hybridized carbons (Fsp3) is 0.273. The number of hydrogen-bond donors (Lipinski definition) is 1. The molecule has 152 valence electrons. The maximum absolute atomic E-state index is 13.0. The molecule has 0 saturated carbocycles. The third-order valence-electron chi connectivity index (χ3n) is 5.08. The Balaban J connectivity index is 1.87. The lowest BCUT2D eigenvalue weighted by molar-refractivity contribution is -0.137. The van der Waals surface area contributed by atoms with E-state index in [2.05, 4.69) is 10.4 Å². The zero-order chi connectivity index (χ0) is 21.3. The van der Waals surface area contributed by atoms with Gasteiger partial charge in [0.1, 0.15) is 0 Å². The fourth-order valence-electron chi connectivity index (χ4n) is 3.24. The largest absolute Gasteiger partial charge is 0.416 e. The molecule has 0 spiro atoms. The molecule has 7 heteroatoms. The highest BCUT2D eigenvalue weighted by Crippen LogP contribution is 2.31. The first-order valence-corrected chi connectivity index (χ1v) is 9.16. The molecule has 0 aliphatic rings. The minimum absolute atomic E-state index is 0.0873. The van der Waals surface area contributed by atoms with Crippen molar-refractivity contribution in [2.45, 2.75) is 40.3 Å². The molecule has 0 atom stereocenters. The lowest BCUT2D eigenvalue weighted by Gasteiger charge is -2.11. The van der Waals surface area contributed by atoms with Crippen LogP contribution >= 0.6 is 0 Å². The van der Waals surface area contributed by atoms with Crippen LogP contribution in [-0.2, 0) is 17.4 Å². The third kappa shape index (κ3) is 4.34. The Morgan fingerprint density at radius 3 is 2.45 bits per heavy atom. The second-order valence-electron chi connectivity index (χ2n) is 7.08. The number of benzene rings is 2. The summed E-state index contributed by atoms with van der Waals surface area (Å²) in [6.45, 7) is 7.41.